The first-order valence-electron chi connectivity index (χ1n) is 8.69. The van der Waals surface area contributed by atoms with Crippen LogP contribution in [0, 0.1) is 11.6 Å². The molecule has 0 atom stereocenters. The summed E-state index contributed by atoms with van der Waals surface area (Å²) < 4.78 is 44.2. The molecule has 0 radical (unpaired) electrons. The lowest BCUT2D eigenvalue weighted by Gasteiger charge is -2.34. The molecule has 11 heteroatoms. The number of rotatable bonds is 4. The number of nitrogens with one attached hydrogen (secondary N) is 1. The second kappa shape index (κ2) is 8.62. The molecule has 1 aromatic carbocycles. The molecular formula is C18H19F3N6OS. The van der Waals surface area contributed by atoms with Crippen LogP contribution in [0.4, 0.5) is 18.9 Å². The third kappa shape index (κ3) is 4.25. The summed E-state index contributed by atoms with van der Waals surface area (Å²) in [5, 5.41) is 3.31. The van der Waals surface area contributed by atoms with E-state index >= 15 is 4.39 Å². The number of fused-ring (bicyclic) bond motifs is 1. The number of halogens is 3. The van der Waals surface area contributed by atoms with E-state index in [1.54, 1.807) is 4.90 Å². The highest BCUT2D eigenvalue weighted by atomic mass is 32.1. The molecule has 2 heterocycles. The fourth-order valence-corrected chi connectivity index (χ4v) is 3.26. The fourth-order valence-electron chi connectivity index (χ4n) is 3.21. The van der Waals surface area contributed by atoms with Crippen molar-refractivity contribution in [1.29, 1.82) is 0 Å². The molecule has 0 amide bonds. The van der Waals surface area contributed by atoms with E-state index in [2.05, 4.69) is 22.7 Å². The van der Waals surface area contributed by atoms with Crippen molar-refractivity contribution in [3.05, 3.63) is 46.0 Å². The van der Waals surface area contributed by atoms with Crippen molar-refractivity contribution in [2.75, 3.05) is 38.1 Å². The number of pyridine rings is 1. The molecule has 1 aromatic heterocycles. The predicted molar refractivity (Wildman–Crippen MR) is 112 cm³/mol. The molecule has 0 aliphatic carbocycles. The van der Waals surface area contributed by atoms with Gasteiger partial charge in [0, 0.05) is 38.6 Å². The van der Waals surface area contributed by atoms with Crippen molar-refractivity contribution >= 4 is 46.3 Å². The highest BCUT2D eigenvalue weighted by molar-refractivity contribution is 7.80. The molecule has 2 aromatic rings. The van der Waals surface area contributed by atoms with Gasteiger partial charge in [0.1, 0.15) is 17.8 Å². The van der Waals surface area contributed by atoms with E-state index in [0.717, 1.165) is 23.0 Å². The molecule has 1 fully saturated rings. The van der Waals surface area contributed by atoms with E-state index in [-0.39, 0.29) is 33.6 Å². The van der Waals surface area contributed by atoms with Gasteiger partial charge in [-0.15, -0.1) is 0 Å². The van der Waals surface area contributed by atoms with Gasteiger partial charge in [-0.2, -0.15) is 5.10 Å². The monoisotopic (exact) mass is 424 g/mol. The second-order valence-corrected chi connectivity index (χ2v) is 6.98. The van der Waals surface area contributed by atoms with Gasteiger partial charge < -0.3 is 20.1 Å². The van der Waals surface area contributed by atoms with Gasteiger partial charge in [-0.3, -0.25) is 10.2 Å². The zero-order chi connectivity index (χ0) is 21.1. The molecule has 1 saturated heterocycles. The average Bonchev–Trinajstić information content (AvgIpc) is 2.66. The normalized spacial score (nSPS) is 15.7. The quantitative estimate of drug-likeness (QED) is 0.441. The summed E-state index contributed by atoms with van der Waals surface area (Å²) in [6.45, 7) is 2.13. The number of nitrogens with two attached hydrogens (primary N) is 1. The van der Waals surface area contributed by atoms with Gasteiger partial charge in [0.2, 0.25) is 0 Å². The maximum atomic E-state index is 15.4. The van der Waals surface area contributed by atoms with Gasteiger partial charge >= 0.3 is 0 Å². The SMILES string of the molecule is CN1CCN(c2c(F)cc3c(=O)c(/C=N/NC(N)=S)cn(/C=C/F)c3c2F)CC1. The fraction of sp³-hybridized carbons (Fsp3) is 0.278. The summed E-state index contributed by atoms with van der Waals surface area (Å²) in [6, 6.07) is 0.968. The number of hydrazone groups is 1. The Bertz CT molecular complexity index is 1060. The van der Waals surface area contributed by atoms with Crippen LogP contribution in [0.2, 0.25) is 0 Å². The Morgan fingerprint density at radius 3 is 2.62 bits per heavy atom. The van der Waals surface area contributed by atoms with Crippen LogP contribution in [0.15, 0.2) is 28.5 Å². The Kier molecular flexibility index (Phi) is 6.18. The topological polar surface area (TPSA) is 78.9 Å². The maximum absolute atomic E-state index is 15.4. The summed E-state index contributed by atoms with van der Waals surface area (Å²) >= 11 is 4.61. The number of hydrogen-bond donors (Lipinski definition) is 2. The van der Waals surface area contributed by atoms with Crippen molar-refractivity contribution < 1.29 is 13.2 Å². The van der Waals surface area contributed by atoms with Gasteiger partial charge in [0.15, 0.2) is 16.4 Å². The summed E-state index contributed by atoms with van der Waals surface area (Å²) in [6.07, 6.45) is 3.40. The molecule has 3 N–H and O–H groups in total. The Hall–Kier alpha value is -2.92. The number of likely N-dealkylation sites (N-methyl/N-ethyl adjacent to an activating group) is 1. The molecule has 3 rings (SSSR count). The summed E-state index contributed by atoms with van der Waals surface area (Å²) in [5.74, 6) is -1.78. The van der Waals surface area contributed by atoms with Crippen LogP contribution in [-0.2, 0) is 0 Å². The molecule has 154 valence electrons. The van der Waals surface area contributed by atoms with Crippen LogP contribution in [-0.4, -0.2) is 54.0 Å². The van der Waals surface area contributed by atoms with Gasteiger partial charge in [-0.05, 0) is 25.3 Å². The first kappa shape index (κ1) is 20.8. The van der Waals surface area contributed by atoms with E-state index in [4.69, 9.17) is 5.73 Å². The summed E-state index contributed by atoms with van der Waals surface area (Å²) in [4.78, 5) is 16.4. The van der Waals surface area contributed by atoms with Gasteiger partial charge in [-0.1, -0.05) is 0 Å². The molecular weight excluding hydrogens is 405 g/mol. The maximum Gasteiger partial charge on any atom is 0.198 e. The third-order valence-electron chi connectivity index (χ3n) is 4.63. The zero-order valence-corrected chi connectivity index (χ0v) is 16.3. The number of anilines is 1. The molecule has 0 unspecified atom stereocenters. The van der Waals surface area contributed by atoms with Crippen molar-refractivity contribution in [1.82, 2.24) is 14.9 Å². The van der Waals surface area contributed by atoms with Gasteiger partial charge in [0.25, 0.3) is 0 Å². The smallest absolute Gasteiger partial charge is 0.198 e. The predicted octanol–water partition coefficient (Wildman–Crippen LogP) is 1.60. The van der Waals surface area contributed by atoms with Gasteiger partial charge in [-0.25, -0.2) is 13.2 Å². The number of thiocarbonyl (C=S) groups is 1. The number of piperazine rings is 1. The lowest BCUT2D eigenvalue weighted by molar-refractivity contribution is 0.310. The van der Waals surface area contributed by atoms with E-state index in [1.807, 2.05) is 11.9 Å². The lowest BCUT2D eigenvalue weighted by atomic mass is 10.1. The highest BCUT2D eigenvalue weighted by Crippen LogP contribution is 2.30. The van der Waals surface area contributed by atoms with Crippen LogP contribution in [0.25, 0.3) is 17.1 Å². The lowest BCUT2D eigenvalue weighted by Crippen LogP contribution is -2.45. The van der Waals surface area contributed by atoms with E-state index in [9.17, 15) is 13.6 Å². The largest absolute Gasteiger partial charge is 0.375 e. The summed E-state index contributed by atoms with van der Waals surface area (Å²) in [7, 11) is 1.92. The van der Waals surface area contributed by atoms with Crippen LogP contribution >= 0.6 is 12.2 Å². The van der Waals surface area contributed by atoms with Crippen molar-refractivity contribution in [3.8, 4) is 0 Å². The van der Waals surface area contributed by atoms with E-state index in [0.29, 0.717) is 26.2 Å². The van der Waals surface area contributed by atoms with Gasteiger partial charge in [0.05, 0.1) is 22.7 Å². The van der Waals surface area contributed by atoms with Crippen molar-refractivity contribution in [3.63, 3.8) is 0 Å². The standard InChI is InChI=1S/C18H19F3N6OS/c1-25-4-6-26(7-5-25)16-13(20)8-12-15(14(16)21)27(3-2-19)10-11(17(12)28)9-23-24-18(22)29/h2-3,8-10H,4-7H2,1H3,(H3,22,24,29)/b3-2+,23-9+. The van der Waals surface area contributed by atoms with Crippen LogP contribution in [0.3, 0.4) is 0 Å². The van der Waals surface area contributed by atoms with Crippen molar-refractivity contribution in [2.45, 2.75) is 0 Å². The Morgan fingerprint density at radius 2 is 2.00 bits per heavy atom. The number of aromatic nitrogens is 1. The number of benzene rings is 1. The minimum Gasteiger partial charge on any atom is -0.375 e. The first-order chi connectivity index (χ1) is 13.8. The zero-order valence-electron chi connectivity index (χ0n) is 15.5. The molecule has 7 nitrogen and oxygen atoms in total. The second-order valence-electron chi connectivity index (χ2n) is 6.54. The molecule has 0 saturated carbocycles. The van der Waals surface area contributed by atoms with Crippen LogP contribution in [0.5, 0.6) is 0 Å². The van der Waals surface area contributed by atoms with Crippen LogP contribution < -0.4 is 21.5 Å². The number of hydrogen-bond acceptors (Lipinski definition) is 5. The summed E-state index contributed by atoms with van der Waals surface area (Å²) in [5.41, 5.74) is 6.37. The minimum atomic E-state index is -0.926. The first-order valence-corrected chi connectivity index (χ1v) is 9.10. The molecule has 0 bridgehead atoms. The molecule has 1 aliphatic heterocycles. The Labute approximate surface area is 169 Å². The number of nitrogens with zero attached hydrogens (tertiary/aromatic N) is 4. The molecule has 0 spiro atoms. The average molecular weight is 424 g/mol. The van der Waals surface area contributed by atoms with E-state index < -0.39 is 17.1 Å². The molecule has 29 heavy (non-hydrogen) atoms. The Balaban J connectivity index is 2.20. The van der Waals surface area contributed by atoms with Crippen molar-refractivity contribution in [2.24, 2.45) is 10.8 Å². The third-order valence-corrected chi connectivity index (χ3v) is 4.72. The molecule has 1 aliphatic rings. The highest BCUT2D eigenvalue weighted by Gasteiger charge is 2.25. The minimum absolute atomic E-state index is 0.0366. The Morgan fingerprint density at radius 1 is 1.31 bits per heavy atom. The van der Waals surface area contributed by atoms with Crippen LogP contribution in [0.1, 0.15) is 5.56 Å². The van der Waals surface area contributed by atoms with E-state index in [1.165, 1.54) is 6.20 Å².